The van der Waals surface area contributed by atoms with Crippen molar-refractivity contribution in [3.63, 3.8) is 0 Å². The number of carbonyl (C=O) groups is 1. The van der Waals surface area contributed by atoms with Gasteiger partial charge < -0.3 is 15.4 Å². The maximum absolute atomic E-state index is 14.6. The lowest BCUT2D eigenvalue weighted by atomic mass is 9.91. The number of amidine groups is 1. The summed E-state index contributed by atoms with van der Waals surface area (Å²) in [4.78, 5) is 17.9. The van der Waals surface area contributed by atoms with E-state index in [1.807, 2.05) is 44.2 Å². The van der Waals surface area contributed by atoms with E-state index in [1.54, 1.807) is 6.07 Å². The molecular weight excluding hydrogens is 431 g/mol. The molecule has 0 unspecified atom stereocenters. The number of rotatable bonds is 6. The second-order valence-corrected chi connectivity index (χ2v) is 8.76. The van der Waals surface area contributed by atoms with Crippen molar-refractivity contribution < 1.29 is 13.9 Å². The Morgan fingerprint density at radius 1 is 1.21 bits per heavy atom. The highest BCUT2D eigenvalue weighted by Crippen LogP contribution is 2.34. The van der Waals surface area contributed by atoms with Gasteiger partial charge in [-0.15, -0.1) is 0 Å². The molecule has 2 aromatic rings. The van der Waals surface area contributed by atoms with E-state index in [0.29, 0.717) is 42.6 Å². The normalized spacial score (nSPS) is 21.8. The standard InChI is InChI=1S/C27H29FN4O2/c1-3-34-22-8-6-19(7-9-22)23-12-17(2)26(33)27(31-16-18-10-11-30-15-18)32-25(23)20-4-5-21(14-29)24(28)13-20/h4-9,13,17-18,30H,3,10-12,15-16H2,1-2H3,(H,31,32)/t17-,18-/m0/s1. The molecule has 34 heavy (non-hydrogen) atoms. The van der Waals surface area contributed by atoms with Gasteiger partial charge in [0.1, 0.15) is 17.6 Å². The van der Waals surface area contributed by atoms with Crippen molar-refractivity contribution in [2.45, 2.75) is 26.7 Å². The van der Waals surface area contributed by atoms with Gasteiger partial charge in [0.15, 0.2) is 5.84 Å². The van der Waals surface area contributed by atoms with E-state index in [4.69, 9.17) is 10.00 Å². The molecule has 2 aliphatic heterocycles. The highest BCUT2D eigenvalue weighted by atomic mass is 19.1. The second kappa shape index (κ2) is 10.6. The lowest BCUT2D eigenvalue weighted by Gasteiger charge is -2.16. The summed E-state index contributed by atoms with van der Waals surface area (Å²) in [5.74, 6) is 0.510. The van der Waals surface area contributed by atoms with Gasteiger partial charge in [0.05, 0.1) is 17.9 Å². The molecule has 4 rings (SSSR count). The van der Waals surface area contributed by atoms with Gasteiger partial charge in [-0.05, 0) is 74.2 Å². The van der Waals surface area contributed by atoms with E-state index in [1.165, 1.54) is 12.1 Å². The molecule has 0 amide bonds. The summed E-state index contributed by atoms with van der Waals surface area (Å²) in [5.41, 5.74) is 2.98. The molecule has 0 bridgehead atoms. The number of hydrogen-bond acceptors (Lipinski definition) is 5. The molecule has 2 heterocycles. The number of nitrogens with one attached hydrogen (secondary N) is 2. The van der Waals surface area contributed by atoms with E-state index in [0.717, 1.165) is 36.4 Å². The molecule has 7 heteroatoms. The minimum Gasteiger partial charge on any atom is -0.494 e. The van der Waals surface area contributed by atoms with Crippen LogP contribution in [0.25, 0.3) is 11.3 Å². The van der Waals surface area contributed by atoms with Crippen molar-refractivity contribution >= 4 is 22.9 Å². The fourth-order valence-corrected chi connectivity index (χ4v) is 4.39. The van der Waals surface area contributed by atoms with E-state index >= 15 is 0 Å². The Bertz CT molecular complexity index is 1160. The van der Waals surface area contributed by atoms with Gasteiger partial charge in [-0.1, -0.05) is 25.1 Å². The summed E-state index contributed by atoms with van der Waals surface area (Å²) >= 11 is 0. The number of hydrogen-bond donors (Lipinski definition) is 2. The maximum Gasteiger partial charge on any atom is 0.200 e. The molecule has 0 aliphatic carbocycles. The van der Waals surface area contributed by atoms with E-state index < -0.39 is 5.82 Å². The van der Waals surface area contributed by atoms with Crippen molar-refractivity contribution in [1.29, 1.82) is 5.26 Å². The number of benzene rings is 2. The summed E-state index contributed by atoms with van der Waals surface area (Å²) in [7, 11) is 0. The third kappa shape index (κ3) is 5.18. The van der Waals surface area contributed by atoms with Crippen LogP contribution in [0.2, 0.25) is 0 Å². The number of nitrogens with zero attached hydrogens (tertiary/aromatic N) is 2. The average molecular weight is 461 g/mol. The molecular formula is C27H29FN4O2. The van der Waals surface area contributed by atoms with Gasteiger partial charge in [-0.25, -0.2) is 4.39 Å². The molecule has 2 aliphatic rings. The smallest absolute Gasteiger partial charge is 0.200 e. The van der Waals surface area contributed by atoms with Gasteiger partial charge in [0, 0.05) is 18.0 Å². The first kappa shape index (κ1) is 23.7. The molecule has 0 aromatic heterocycles. The number of nitriles is 1. The molecule has 176 valence electrons. The predicted molar refractivity (Wildman–Crippen MR) is 131 cm³/mol. The molecule has 6 nitrogen and oxygen atoms in total. The number of ether oxygens (including phenoxy) is 1. The molecule has 0 radical (unpaired) electrons. The summed E-state index contributed by atoms with van der Waals surface area (Å²) in [6.45, 7) is 6.81. The fourth-order valence-electron chi connectivity index (χ4n) is 4.39. The molecule has 2 N–H and O–H groups in total. The second-order valence-electron chi connectivity index (χ2n) is 8.76. The largest absolute Gasteiger partial charge is 0.494 e. The van der Waals surface area contributed by atoms with E-state index in [9.17, 15) is 9.18 Å². The number of aliphatic imine (C=N–C) groups is 1. The molecule has 2 aromatic carbocycles. The quantitative estimate of drug-likeness (QED) is 0.676. The van der Waals surface area contributed by atoms with E-state index in [-0.39, 0.29) is 17.3 Å². The van der Waals surface area contributed by atoms with Gasteiger partial charge in [0.25, 0.3) is 0 Å². The third-order valence-electron chi connectivity index (χ3n) is 6.30. The lowest BCUT2D eigenvalue weighted by molar-refractivity contribution is -0.116. The Morgan fingerprint density at radius 3 is 2.62 bits per heavy atom. The molecule has 1 fully saturated rings. The van der Waals surface area contributed by atoms with Gasteiger partial charge in [-0.2, -0.15) is 5.26 Å². The Morgan fingerprint density at radius 2 is 1.97 bits per heavy atom. The summed E-state index contributed by atoms with van der Waals surface area (Å²) in [6.07, 6.45) is 1.50. The number of allylic oxidation sites excluding steroid dienone is 1. The maximum atomic E-state index is 14.6. The average Bonchev–Trinajstić information content (AvgIpc) is 3.33. The lowest BCUT2D eigenvalue weighted by Crippen LogP contribution is -2.32. The third-order valence-corrected chi connectivity index (χ3v) is 6.30. The first-order valence-corrected chi connectivity index (χ1v) is 11.7. The van der Waals surface area contributed by atoms with Crippen LogP contribution in [0, 0.1) is 29.0 Å². The van der Waals surface area contributed by atoms with E-state index in [2.05, 4.69) is 15.6 Å². The van der Waals surface area contributed by atoms with Crippen LogP contribution in [-0.4, -0.2) is 37.9 Å². The Hall–Kier alpha value is -3.50. The molecule has 1 saturated heterocycles. The highest BCUT2D eigenvalue weighted by molar-refractivity contribution is 6.42. The molecule has 2 atom stereocenters. The molecule has 0 saturated carbocycles. The number of ketones is 1. The topological polar surface area (TPSA) is 86.5 Å². The Balaban J connectivity index is 1.79. The number of halogens is 1. The summed E-state index contributed by atoms with van der Waals surface area (Å²) in [5, 5.41) is 15.7. The van der Waals surface area contributed by atoms with Gasteiger partial charge >= 0.3 is 0 Å². The van der Waals surface area contributed by atoms with Crippen molar-refractivity contribution in [1.82, 2.24) is 10.6 Å². The fraction of sp³-hybridized carbons (Fsp3) is 0.370. The number of carbonyl (C=O) groups excluding carboxylic acids is 1. The molecule has 0 spiro atoms. The number of Topliss-reactive ketones (excluding diaryl/α,β-unsaturated/α-hetero) is 1. The van der Waals surface area contributed by atoms with Crippen molar-refractivity contribution in [3.05, 3.63) is 65.0 Å². The van der Waals surface area contributed by atoms with Crippen molar-refractivity contribution in [2.24, 2.45) is 16.8 Å². The van der Waals surface area contributed by atoms with Crippen LogP contribution in [0.1, 0.15) is 43.4 Å². The highest BCUT2D eigenvalue weighted by Gasteiger charge is 2.29. The zero-order valence-corrected chi connectivity index (χ0v) is 19.5. The first-order chi connectivity index (χ1) is 16.5. The monoisotopic (exact) mass is 460 g/mol. The van der Waals surface area contributed by atoms with Gasteiger partial charge in [0.2, 0.25) is 5.78 Å². The summed E-state index contributed by atoms with van der Waals surface area (Å²) in [6, 6.07) is 14.1. The zero-order chi connectivity index (χ0) is 24.1. The van der Waals surface area contributed by atoms with Crippen LogP contribution in [0.15, 0.2) is 47.5 Å². The minimum absolute atomic E-state index is 0.0207. The Labute approximate surface area is 199 Å². The predicted octanol–water partition coefficient (Wildman–Crippen LogP) is 4.17. The van der Waals surface area contributed by atoms with Crippen LogP contribution in [0.5, 0.6) is 5.75 Å². The van der Waals surface area contributed by atoms with Gasteiger partial charge in [-0.3, -0.25) is 9.79 Å². The van der Waals surface area contributed by atoms with Crippen molar-refractivity contribution in [3.8, 4) is 11.8 Å². The Kier molecular flexibility index (Phi) is 7.39. The minimum atomic E-state index is -0.598. The zero-order valence-electron chi connectivity index (χ0n) is 19.5. The van der Waals surface area contributed by atoms with Crippen LogP contribution in [0.3, 0.4) is 0 Å². The van der Waals surface area contributed by atoms with Crippen LogP contribution >= 0.6 is 0 Å². The van der Waals surface area contributed by atoms with Crippen LogP contribution in [-0.2, 0) is 4.79 Å². The summed E-state index contributed by atoms with van der Waals surface area (Å²) < 4.78 is 20.2. The van der Waals surface area contributed by atoms with Crippen molar-refractivity contribution in [2.75, 3.05) is 26.2 Å². The first-order valence-electron chi connectivity index (χ1n) is 11.7. The SMILES string of the molecule is CCOc1ccc(C2=C(c3ccc(C#N)c(F)c3)NC(=NC[C@H]3CCNC3)C(=O)[C@@H](C)C2)cc1. The van der Waals surface area contributed by atoms with Crippen LogP contribution in [0.4, 0.5) is 4.39 Å². The van der Waals surface area contributed by atoms with Crippen LogP contribution < -0.4 is 15.4 Å².